The van der Waals surface area contributed by atoms with E-state index < -0.39 is 0 Å². The Labute approximate surface area is 126 Å². The van der Waals surface area contributed by atoms with Crippen molar-refractivity contribution >= 4 is 27.5 Å². The van der Waals surface area contributed by atoms with Crippen molar-refractivity contribution in [3.8, 4) is 11.6 Å². The van der Waals surface area contributed by atoms with Gasteiger partial charge in [0, 0.05) is 10.7 Å². The van der Waals surface area contributed by atoms with Crippen molar-refractivity contribution in [2.45, 2.75) is 26.2 Å². The minimum atomic E-state index is 0.422. The van der Waals surface area contributed by atoms with Gasteiger partial charge in [0.2, 0.25) is 5.88 Å². The summed E-state index contributed by atoms with van der Waals surface area (Å²) in [6.07, 6.45) is 5.18. The molecule has 0 N–H and O–H groups in total. The Morgan fingerprint density at radius 2 is 2.00 bits per heavy atom. The van der Waals surface area contributed by atoms with E-state index in [-0.39, 0.29) is 0 Å². The lowest BCUT2D eigenvalue weighted by molar-refractivity contribution is 0.463. The van der Waals surface area contributed by atoms with Crippen LogP contribution in [0.1, 0.15) is 25.3 Å². The molecule has 0 spiro atoms. The van der Waals surface area contributed by atoms with E-state index in [2.05, 4.69) is 40.0 Å². The molecule has 0 fully saturated rings. The van der Waals surface area contributed by atoms with Gasteiger partial charge in [-0.1, -0.05) is 37.1 Å². The zero-order valence-electron chi connectivity index (χ0n) is 10.7. The van der Waals surface area contributed by atoms with Gasteiger partial charge in [0.05, 0.1) is 0 Å². The van der Waals surface area contributed by atoms with Crippen LogP contribution < -0.4 is 4.74 Å². The van der Waals surface area contributed by atoms with Gasteiger partial charge in [0.25, 0.3) is 0 Å². The van der Waals surface area contributed by atoms with Crippen LogP contribution in [0.4, 0.5) is 0 Å². The molecule has 19 heavy (non-hydrogen) atoms. The Morgan fingerprint density at radius 3 is 2.63 bits per heavy atom. The third-order valence-corrected chi connectivity index (χ3v) is 3.44. The summed E-state index contributed by atoms with van der Waals surface area (Å²) in [5.41, 5.74) is 1.32. The molecule has 2 nitrogen and oxygen atoms in total. The first-order valence-electron chi connectivity index (χ1n) is 6.27. The fourth-order valence-corrected chi connectivity index (χ4v) is 2.36. The molecular formula is C15H15BrClNO. The highest BCUT2D eigenvalue weighted by molar-refractivity contribution is 9.10. The number of halogens is 2. The average Bonchev–Trinajstić information content (AvgIpc) is 2.41. The van der Waals surface area contributed by atoms with E-state index in [0.29, 0.717) is 10.9 Å². The first kappa shape index (κ1) is 14.4. The number of ether oxygens (including phenoxy) is 1. The summed E-state index contributed by atoms with van der Waals surface area (Å²) in [7, 11) is 0. The monoisotopic (exact) mass is 339 g/mol. The maximum absolute atomic E-state index is 6.06. The number of nitrogens with zero attached hydrogens (tertiary/aromatic N) is 1. The van der Waals surface area contributed by atoms with Gasteiger partial charge in [0.1, 0.15) is 10.8 Å². The van der Waals surface area contributed by atoms with E-state index in [1.807, 2.05) is 12.1 Å². The van der Waals surface area contributed by atoms with Gasteiger partial charge in [-0.15, -0.1) is 0 Å². The van der Waals surface area contributed by atoms with E-state index in [0.717, 1.165) is 16.6 Å². The highest BCUT2D eigenvalue weighted by Crippen LogP contribution is 2.29. The third kappa shape index (κ3) is 4.22. The first-order chi connectivity index (χ1) is 9.19. The SMILES string of the molecule is CCCCc1ccc(Oc2ncc(Br)cc2Cl)cc1. The molecule has 0 saturated heterocycles. The molecule has 100 valence electrons. The van der Waals surface area contributed by atoms with Crippen LogP contribution in [0.3, 0.4) is 0 Å². The van der Waals surface area contributed by atoms with E-state index in [9.17, 15) is 0 Å². The Kier molecular flexibility index (Phi) is 5.23. The van der Waals surface area contributed by atoms with Crippen LogP contribution >= 0.6 is 27.5 Å². The maximum Gasteiger partial charge on any atom is 0.238 e. The molecule has 2 aromatic rings. The molecule has 1 aromatic carbocycles. The summed E-state index contributed by atoms with van der Waals surface area (Å²) in [5, 5.41) is 0.490. The molecule has 0 atom stereocenters. The van der Waals surface area contributed by atoms with E-state index >= 15 is 0 Å². The summed E-state index contributed by atoms with van der Waals surface area (Å²) in [6.45, 7) is 2.19. The molecule has 0 aliphatic carbocycles. The zero-order chi connectivity index (χ0) is 13.7. The summed E-state index contributed by atoms with van der Waals surface area (Å²) in [6, 6.07) is 9.82. The van der Waals surface area contributed by atoms with Crippen molar-refractivity contribution in [1.29, 1.82) is 0 Å². The van der Waals surface area contributed by atoms with Crippen LogP contribution in [0.2, 0.25) is 5.02 Å². The number of hydrogen-bond acceptors (Lipinski definition) is 2. The third-order valence-electron chi connectivity index (χ3n) is 2.73. The molecule has 2 rings (SSSR count). The summed E-state index contributed by atoms with van der Waals surface area (Å²) in [5.74, 6) is 1.17. The van der Waals surface area contributed by atoms with Crippen LogP contribution in [0, 0.1) is 0 Å². The van der Waals surface area contributed by atoms with Crippen molar-refractivity contribution in [2.24, 2.45) is 0 Å². The highest BCUT2D eigenvalue weighted by Gasteiger charge is 2.05. The quantitative estimate of drug-likeness (QED) is 0.703. The smallest absolute Gasteiger partial charge is 0.238 e. The Bertz CT molecular complexity index is 542. The van der Waals surface area contributed by atoms with Gasteiger partial charge in [0.15, 0.2) is 0 Å². The van der Waals surface area contributed by atoms with Crippen LogP contribution in [-0.4, -0.2) is 4.98 Å². The lowest BCUT2D eigenvalue weighted by atomic mass is 10.1. The zero-order valence-corrected chi connectivity index (χ0v) is 13.0. The second kappa shape index (κ2) is 6.92. The molecule has 4 heteroatoms. The van der Waals surface area contributed by atoms with Crippen LogP contribution in [0.5, 0.6) is 11.6 Å². The molecule has 0 aliphatic rings. The standard InChI is InChI=1S/C15H15BrClNO/c1-2-3-4-11-5-7-13(8-6-11)19-15-14(17)9-12(16)10-18-15/h5-10H,2-4H2,1H3. The number of hydrogen-bond donors (Lipinski definition) is 0. The molecule has 0 unspecified atom stereocenters. The molecule has 0 aliphatic heterocycles. The van der Waals surface area contributed by atoms with Crippen molar-refractivity contribution < 1.29 is 4.74 Å². The van der Waals surface area contributed by atoms with E-state index in [1.165, 1.54) is 18.4 Å². The summed E-state index contributed by atoms with van der Waals surface area (Å²) < 4.78 is 6.49. The van der Waals surface area contributed by atoms with Gasteiger partial charge in [-0.25, -0.2) is 4.98 Å². The Hall–Kier alpha value is -1.06. The van der Waals surface area contributed by atoms with Crippen molar-refractivity contribution in [2.75, 3.05) is 0 Å². The number of pyridine rings is 1. The first-order valence-corrected chi connectivity index (χ1v) is 7.44. The van der Waals surface area contributed by atoms with Crippen LogP contribution in [-0.2, 0) is 6.42 Å². The van der Waals surface area contributed by atoms with Gasteiger partial charge < -0.3 is 4.74 Å². The lowest BCUT2D eigenvalue weighted by Gasteiger charge is -2.07. The fraction of sp³-hybridized carbons (Fsp3) is 0.267. The number of benzene rings is 1. The van der Waals surface area contributed by atoms with Crippen molar-refractivity contribution in [3.05, 3.63) is 51.6 Å². The molecule has 0 amide bonds. The Balaban J connectivity index is 2.06. The number of rotatable bonds is 5. The molecule has 1 aromatic heterocycles. The minimum Gasteiger partial charge on any atom is -0.438 e. The largest absolute Gasteiger partial charge is 0.438 e. The fourth-order valence-electron chi connectivity index (χ4n) is 1.69. The molecule has 0 radical (unpaired) electrons. The van der Waals surface area contributed by atoms with Crippen molar-refractivity contribution in [1.82, 2.24) is 4.98 Å². The van der Waals surface area contributed by atoms with Crippen LogP contribution in [0.25, 0.3) is 0 Å². The van der Waals surface area contributed by atoms with Gasteiger partial charge in [-0.2, -0.15) is 0 Å². The predicted molar refractivity (Wildman–Crippen MR) is 82.1 cm³/mol. The Morgan fingerprint density at radius 1 is 1.26 bits per heavy atom. The highest BCUT2D eigenvalue weighted by atomic mass is 79.9. The van der Waals surface area contributed by atoms with Crippen LogP contribution in [0.15, 0.2) is 41.0 Å². The molecule has 0 bridgehead atoms. The topological polar surface area (TPSA) is 22.1 Å². The average molecular weight is 341 g/mol. The van der Waals surface area contributed by atoms with Gasteiger partial charge in [-0.05, 0) is 52.5 Å². The predicted octanol–water partition coefficient (Wildman–Crippen LogP) is 5.63. The van der Waals surface area contributed by atoms with E-state index in [1.54, 1.807) is 12.3 Å². The number of aromatic nitrogens is 1. The lowest BCUT2D eigenvalue weighted by Crippen LogP contribution is -1.90. The maximum atomic E-state index is 6.06. The summed E-state index contributed by atoms with van der Waals surface area (Å²) >= 11 is 9.37. The summed E-state index contributed by atoms with van der Waals surface area (Å²) in [4.78, 5) is 4.14. The second-order valence-corrected chi connectivity index (χ2v) is 5.61. The second-order valence-electron chi connectivity index (χ2n) is 4.29. The normalized spacial score (nSPS) is 10.5. The van der Waals surface area contributed by atoms with Gasteiger partial charge in [-0.3, -0.25) is 0 Å². The molecule has 0 saturated carbocycles. The number of unbranched alkanes of at least 4 members (excludes halogenated alkanes) is 1. The van der Waals surface area contributed by atoms with Crippen molar-refractivity contribution in [3.63, 3.8) is 0 Å². The number of aryl methyl sites for hydroxylation is 1. The molecule has 1 heterocycles. The minimum absolute atomic E-state index is 0.422. The molecular weight excluding hydrogens is 326 g/mol. The van der Waals surface area contributed by atoms with Gasteiger partial charge >= 0.3 is 0 Å². The van der Waals surface area contributed by atoms with E-state index in [4.69, 9.17) is 16.3 Å².